The predicted molar refractivity (Wildman–Crippen MR) is 86.3 cm³/mol. The number of nitrogens with zero attached hydrogens (tertiary/aromatic N) is 3. The van der Waals surface area contributed by atoms with Crippen molar-refractivity contribution in [2.24, 2.45) is 0 Å². The maximum Gasteiger partial charge on any atom is 0.323 e. The lowest BCUT2D eigenvalue weighted by Gasteiger charge is -2.10. The lowest BCUT2D eigenvalue weighted by atomic mass is 10.3. The number of aromatic nitrogens is 3. The Balaban J connectivity index is 2.11. The van der Waals surface area contributed by atoms with Crippen LogP contribution in [0.15, 0.2) is 6.07 Å². The summed E-state index contributed by atoms with van der Waals surface area (Å²) in [6.07, 6.45) is 0.0209. The minimum atomic E-state index is 0.0209. The Kier molecular flexibility index (Phi) is 4.95. The highest BCUT2D eigenvalue weighted by Crippen LogP contribution is 2.21. The van der Waals surface area contributed by atoms with Crippen molar-refractivity contribution >= 4 is 23.2 Å². The van der Waals surface area contributed by atoms with Gasteiger partial charge in [0.1, 0.15) is 0 Å². The number of hydrogen-bond acceptors (Lipinski definition) is 7. The van der Waals surface area contributed by atoms with Crippen LogP contribution >= 0.6 is 11.3 Å². The van der Waals surface area contributed by atoms with Gasteiger partial charge >= 0.3 is 6.01 Å². The molecule has 114 valence electrons. The number of hydrogen-bond donors (Lipinski definition) is 2. The quantitative estimate of drug-likeness (QED) is 0.855. The molecule has 0 saturated heterocycles. The topological polar surface area (TPSA) is 72.0 Å². The van der Waals surface area contributed by atoms with Crippen LogP contribution in [-0.4, -0.2) is 28.1 Å². The van der Waals surface area contributed by atoms with Crippen LogP contribution in [0.1, 0.15) is 29.2 Å². The summed E-state index contributed by atoms with van der Waals surface area (Å²) in [5.74, 6) is 0.996. The molecule has 7 heteroatoms. The van der Waals surface area contributed by atoms with Gasteiger partial charge in [-0.15, -0.1) is 11.3 Å². The van der Waals surface area contributed by atoms with Gasteiger partial charge in [-0.3, -0.25) is 0 Å². The van der Waals surface area contributed by atoms with E-state index in [2.05, 4.69) is 45.5 Å². The van der Waals surface area contributed by atoms with Crippen LogP contribution in [-0.2, 0) is 6.54 Å². The SMILES string of the molecule is CNc1nc(NCc2cc(C)c(C)s2)nc(OC(C)C)n1. The van der Waals surface area contributed by atoms with E-state index in [0.29, 0.717) is 24.5 Å². The lowest BCUT2D eigenvalue weighted by molar-refractivity contribution is 0.222. The minimum Gasteiger partial charge on any atom is -0.461 e. The van der Waals surface area contributed by atoms with Crippen molar-refractivity contribution in [2.45, 2.75) is 40.3 Å². The van der Waals surface area contributed by atoms with Gasteiger partial charge < -0.3 is 15.4 Å². The van der Waals surface area contributed by atoms with Gasteiger partial charge in [-0.2, -0.15) is 15.0 Å². The number of thiophene rings is 1. The molecule has 6 nitrogen and oxygen atoms in total. The van der Waals surface area contributed by atoms with Gasteiger partial charge in [-0.25, -0.2) is 0 Å². The Labute approximate surface area is 129 Å². The van der Waals surface area contributed by atoms with Gasteiger partial charge in [0.05, 0.1) is 12.6 Å². The number of nitrogens with one attached hydrogen (secondary N) is 2. The summed E-state index contributed by atoms with van der Waals surface area (Å²) < 4.78 is 5.53. The molecule has 0 aliphatic carbocycles. The van der Waals surface area contributed by atoms with Crippen LogP contribution in [0.2, 0.25) is 0 Å². The van der Waals surface area contributed by atoms with Crippen LogP contribution in [0.3, 0.4) is 0 Å². The van der Waals surface area contributed by atoms with Crippen molar-refractivity contribution in [3.8, 4) is 6.01 Å². The van der Waals surface area contributed by atoms with Crippen LogP contribution < -0.4 is 15.4 Å². The minimum absolute atomic E-state index is 0.0209. The van der Waals surface area contributed by atoms with Crippen LogP contribution in [0.4, 0.5) is 11.9 Å². The van der Waals surface area contributed by atoms with E-state index >= 15 is 0 Å². The van der Waals surface area contributed by atoms with E-state index in [1.165, 1.54) is 15.3 Å². The summed E-state index contributed by atoms with van der Waals surface area (Å²) in [6, 6.07) is 2.50. The maximum absolute atomic E-state index is 5.53. The third-order valence-corrected chi connectivity index (χ3v) is 3.97. The van der Waals surface area contributed by atoms with E-state index in [4.69, 9.17) is 4.74 Å². The highest BCUT2D eigenvalue weighted by atomic mass is 32.1. The first-order chi connectivity index (χ1) is 9.97. The molecule has 0 aromatic carbocycles. The molecule has 0 radical (unpaired) electrons. The average Bonchev–Trinajstić information content (AvgIpc) is 2.74. The smallest absolute Gasteiger partial charge is 0.323 e. The monoisotopic (exact) mass is 307 g/mol. The molecule has 0 amide bonds. The predicted octanol–water partition coefficient (Wildman–Crippen LogP) is 2.99. The van der Waals surface area contributed by atoms with E-state index in [0.717, 1.165) is 0 Å². The van der Waals surface area contributed by atoms with Gasteiger partial charge in [-0.1, -0.05) is 0 Å². The van der Waals surface area contributed by atoms with Crippen molar-refractivity contribution < 1.29 is 4.74 Å². The van der Waals surface area contributed by atoms with E-state index < -0.39 is 0 Å². The molecule has 0 atom stereocenters. The van der Waals surface area contributed by atoms with Crippen LogP contribution in [0, 0.1) is 13.8 Å². The fraction of sp³-hybridized carbons (Fsp3) is 0.500. The lowest BCUT2D eigenvalue weighted by Crippen LogP contribution is -2.12. The first-order valence-corrected chi connectivity index (χ1v) is 7.70. The molecule has 0 bridgehead atoms. The molecule has 0 fully saturated rings. The number of rotatable bonds is 6. The zero-order valence-electron chi connectivity index (χ0n) is 13.0. The first-order valence-electron chi connectivity index (χ1n) is 6.88. The summed E-state index contributed by atoms with van der Waals surface area (Å²) in [5.41, 5.74) is 1.31. The van der Waals surface area contributed by atoms with Crippen molar-refractivity contribution in [3.63, 3.8) is 0 Å². The summed E-state index contributed by atoms with van der Waals surface area (Å²) in [6.45, 7) is 8.81. The third-order valence-electron chi connectivity index (χ3n) is 2.82. The normalized spacial score (nSPS) is 10.8. The van der Waals surface area contributed by atoms with Gasteiger partial charge in [-0.05, 0) is 39.3 Å². The molecule has 0 aliphatic rings. The van der Waals surface area contributed by atoms with Crippen LogP contribution in [0.25, 0.3) is 0 Å². The number of ether oxygens (including phenoxy) is 1. The highest BCUT2D eigenvalue weighted by Gasteiger charge is 2.09. The molecule has 2 aromatic heterocycles. The Morgan fingerprint density at radius 3 is 2.48 bits per heavy atom. The highest BCUT2D eigenvalue weighted by molar-refractivity contribution is 7.12. The van der Waals surface area contributed by atoms with Crippen molar-refractivity contribution in [2.75, 3.05) is 17.7 Å². The molecular formula is C14H21N5OS. The zero-order valence-corrected chi connectivity index (χ0v) is 13.8. The third kappa shape index (κ3) is 4.29. The second-order valence-corrected chi connectivity index (χ2v) is 6.33. The van der Waals surface area contributed by atoms with Gasteiger partial charge in [0, 0.05) is 16.8 Å². The Bertz CT molecular complexity index is 592. The fourth-order valence-electron chi connectivity index (χ4n) is 1.71. The number of aryl methyl sites for hydroxylation is 2. The zero-order chi connectivity index (χ0) is 15.4. The Morgan fingerprint density at radius 1 is 1.19 bits per heavy atom. The van der Waals surface area contributed by atoms with Gasteiger partial charge in [0.2, 0.25) is 11.9 Å². The van der Waals surface area contributed by atoms with E-state index in [-0.39, 0.29) is 6.10 Å². The van der Waals surface area contributed by atoms with Crippen molar-refractivity contribution in [1.29, 1.82) is 0 Å². The molecule has 0 unspecified atom stereocenters. The molecule has 0 spiro atoms. The first kappa shape index (κ1) is 15.5. The standard InChI is InChI=1S/C14H21N5OS/c1-8(2)20-14-18-12(15-5)17-13(19-14)16-7-11-6-9(3)10(4)21-11/h6,8H,7H2,1-5H3,(H2,15,16,17,18,19). The Hall–Kier alpha value is -1.89. The fourth-order valence-corrected chi connectivity index (χ4v) is 2.71. The molecule has 2 heterocycles. The van der Waals surface area contributed by atoms with Crippen LogP contribution in [0.5, 0.6) is 6.01 Å². The molecule has 2 rings (SSSR count). The number of anilines is 2. The molecule has 0 aliphatic heterocycles. The molecular weight excluding hydrogens is 286 g/mol. The second-order valence-electron chi connectivity index (χ2n) is 4.99. The van der Waals surface area contributed by atoms with E-state index in [1.54, 1.807) is 18.4 Å². The molecule has 2 N–H and O–H groups in total. The van der Waals surface area contributed by atoms with E-state index in [1.807, 2.05) is 13.8 Å². The van der Waals surface area contributed by atoms with Gasteiger partial charge in [0.15, 0.2) is 0 Å². The summed E-state index contributed by atoms with van der Waals surface area (Å²) in [4.78, 5) is 15.3. The summed E-state index contributed by atoms with van der Waals surface area (Å²) >= 11 is 1.78. The second kappa shape index (κ2) is 6.71. The molecule has 2 aromatic rings. The summed E-state index contributed by atoms with van der Waals surface area (Å²) in [5, 5.41) is 6.13. The van der Waals surface area contributed by atoms with Crippen molar-refractivity contribution in [3.05, 3.63) is 21.4 Å². The molecule has 0 saturated carbocycles. The average molecular weight is 307 g/mol. The largest absolute Gasteiger partial charge is 0.461 e. The van der Waals surface area contributed by atoms with E-state index in [9.17, 15) is 0 Å². The summed E-state index contributed by atoms with van der Waals surface area (Å²) in [7, 11) is 1.77. The Morgan fingerprint density at radius 2 is 1.90 bits per heavy atom. The molecule has 21 heavy (non-hydrogen) atoms. The van der Waals surface area contributed by atoms with Crippen molar-refractivity contribution in [1.82, 2.24) is 15.0 Å². The maximum atomic E-state index is 5.53. The van der Waals surface area contributed by atoms with Gasteiger partial charge in [0.25, 0.3) is 0 Å².